The molecule has 0 aliphatic carbocycles. The van der Waals surface area contributed by atoms with E-state index in [4.69, 9.17) is 5.73 Å². The van der Waals surface area contributed by atoms with Gasteiger partial charge in [0, 0.05) is 16.4 Å². The number of anilines is 1. The third-order valence-corrected chi connectivity index (χ3v) is 6.97. The van der Waals surface area contributed by atoms with Gasteiger partial charge in [0.2, 0.25) is 11.2 Å². The fourth-order valence-corrected chi connectivity index (χ4v) is 5.43. The molecule has 2 aromatic rings. The first-order valence-corrected chi connectivity index (χ1v) is 11.2. The zero-order valence-corrected chi connectivity index (χ0v) is 18.2. The number of nitroso groups, excluding NO2 is 1. The number of carboxylic acid groups (broad SMARTS) is 1. The Balaban J connectivity index is 1.51. The fourth-order valence-electron chi connectivity index (χ4n) is 3.36. The lowest BCUT2D eigenvalue weighted by molar-refractivity contribution is -0.156. The molecule has 0 bridgehead atoms. The zero-order chi connectivity index (χ0) is 22.3. The Morgan fingerprint density at radius 2 is 2.13 bits per heavy atom. The van der Waals surface area contributed by atoms with Gasteiger partial charge in [-0.15, -0.1) is 4.91 Å². The van der Waals surface area contributed by atoms with Crippen molar-refractivity contribution in [2.45, 2.75) is 43.0 Å². The number of β-lactam (4-membered cyclic amide) rings is 1. The Morgan fingerprint density at radius 1 is 1.35 bits per heavy atom. The van der Waals surface area contributed by atoms with Crippen molar-refractivity contribution in [3.8, 4) is 0 Å². The van der Waals surface area contributed by atoms with Crippen molar-refractivity contribution in [1.29, 1.82) is 0 Å². The number of carbonyl (C=O) groups excluding carboxylic acids is 2. The smallest absolute Gasteiger partial charge is 0.353 e. The molecule has 13 nitrogen and oxygen atoms in total. The van der Waals surface area contributed by atoms with Gasteiger partial charge in [-0.2, -0.15) is 8.75 Å². The van der Waals surface area contributed by atoms with E-state index in [0.29, 0.717) is 22.9 Å². The SMILES string of the molecule is Cc1nc(SC2=C(C(=O)O)N3C(=O)C(NC(=O)C(N=O)c4nsc(N)n4)C3CC2)ns1. The van der Waals surface area contributed by atoms with Gasteiger partial charge in [0.1, 0.15) is 16.7 Å². The predicted octanol–water partition coefficient (Wildman–Crippen LogP) is 0.666. The van der Waals surface area contributed by atoms with Crippen LogP contribution in [0.2, 0.25) is 0 Å². The molecule has 3 unspecified atom stereocenters. The van der Waals surface area contributed by atoms with Crippen LogP contribution >= 0.6 is 34.8 Å². The van der Waals surface area contributed by atoms with E-state index < -0.39 is 35.9 Å². The van der Waals surface area contributed by atoms with Gasteiger partial charge in [0.25, 0.3) is 11.8 Å². The molecule has 31 heavy (non-hydrogen) atoms. The number of nitrogens with one attached hydrogen (secondary N) is 1. The molecule has 4 N–H and O–H groups in total. The monoisotopic (exact) mass is 482 g/mol. The Morgan fingerprint density at radius 3 is 2.71 bits per heavy atom. The molecule has 0 aromatic carbocycles. The summed E-state index contributed by atoms with van der Waals surface area (Å²) in [5.74, 6) is -2.86. The summed E-state index contributed by atoms with van der Waals surface area (Å²) in [5.41, 5.74) is 5.32. The summed E-state index contributed by atoms with van der Waals surface area (Å²) in [4.78, 5) is 57.9. The van der Waals surface area contributed by atoms with Gasteiger partial charge in [0.15, 0.2) is 11.0 Å². The van der Waals surface area contributed by atoms with Crippen LogP contribution in [0.15, 0.2) is 20.9 Å². The van der Waals surface area contributed by atoms with E-state index in [1.54, 1.807) is 6.92 Å². The lowest BCUT2D eigenvalue weighted by atomic mass is 9.86. The number of nitrogens with two attached hydrogens (primary N) is 1. The lowest BCUT2D eigenvalue weighted by Crippen LogP contribution is -2.71. The molecule has 0 saturated carbocycles. The van der Waals surface area contributed by atoms with E-state index in [0.717, 1.165) is 33.2 Å². The fraction of sp³-hybridized carbons (Fsp3) is 0.400. The highest BCUT2D eigenvalue weighted by Gasteiger charge is 2.54. The van der Waals surface area contributed by atoms with Gasteiger partial charge in [-0.3, -0.25) is 14.5 Å². The first kappa shape index (κ1) is 21.3. The first-order chi connectivity index (χ1) is 14.8. The largest absolute Gasteiger partial charge is 0.477 e. The number of hydrogen-bond acceptors (Lipinski definition) is 13. The molecule has 162 valence electrons. The Kier molecular flexibility index (Phi) is 5.67. The molecule has 1 fully saturated rings. The van der Waals surface area contributed by atoms with Crippen LogP contribution < -0.4 is 11.1 Å². The van der Waals surface area contributed by atoms with Crippen molar-refractivity contribution < 1.29 is 19.5 Å². The number of hydrogen-bond donors (Lipinski definition) is 3. The van der Waals surface area contributed by atoms with Crippen LogP contribution in [0, 0.1) is 11.8 Å². The molecule has 2 aliphatic rings. The summed E-state index contributed by atoms with van der Waals surface area (Å²) in [7, 11) is 0. The summed E-state index contributed by atoms with van der Waals surface area (Å²) >= 11 is 3.12. The molecular weight excluding hydrogens is 468 g/mol. The van der Waals surface area contributed by atoms with Gasteiger partial charge in [0.05, 0.1) is 6.04 Å². The second kappa shape index (κ2) is 8.27. The number of aryl methyl sites for hydroxylation is 1. The zero-order valence-electron chi connectivity index (χ0n) is 15.7. The quantitative estimate of drug-likeness (QED) is 0.371. The number of thioether (sulfide) groups is 1. The summed E-state index contributed by atoms with van der Waals surface area (Å²) in [6, 6.07) is -3.09. The minimum atomic E-state index is -1.56. The Labute approximate surface area is 186 Å². The van der Waals surface area contributed by atoms with Gasteiger partial charge in [-0.1, -0.05) is 11.8 Å². The van der Waals surface area contributed by atoms with Crippen LogP contribution in [0.4, 0.5) is 5.13 Å². The van der Waals surface area contributed by atoms with Crippen LogP contribution in [0.3, 0.4) is 0 Å². The minimum absolute atomic E-state index is 0.0701. The summed E-state index contributed by atoms with van der Waals surface area (Å²) in [6.45, 7) is 1.79. The Bertz CT molecular complexity index is 1110. The van der Waals surface area contributed by atoms with E-state index in [2.05, 4.69) is 29.2 Å². The van der Waals surface area contributed by atoms with Crippen molar-refractivity contribution >= 4 is 57.7 Å². The summed E-state index contributed by atoms with van der Waals surface area (Å²) in [5, 5.41) is 16.1. The van der Waals surface area contributed by atoms with Crippen LogP contribution in [-0.4, -0.2) is 58.6 Å². The van der Waals surface area contributed by atoms with E-state index in [1.165, 1.54) is 11.5 Å². The topological polar surface area (TPSA) is 194 Å². The predicted molar refractivity (Wildman–Crippen MR) is 110 cm³/mol. The van der Waals surface area contributed by atoms with Crippen molar-refractivity contribution in [3.63, 3.8) is 0 Å². The second-order valence-corrected chi connectivity index (χ2v) is 9.38. The van der Waals surface area contributed by atoms with Crippen LogP contribution in [0.25, 0.3) is 0 Å². The van der Waals surface area contributed by atoms with Gasteiger partial charge >= 0.3 is 5.97 Å². The standard InChI is InChI=1S/C15H14N8O5S3/c1-4-17-15(22-30-4)29-6-3-2-5-7(12(25)23(5)9(6)13(26)27)18-11(24)8(20-28)10-19-14(16)31-21-10/h5,7-8H,2-3H2,1H3,(H,18,24)(H,26,27)(H2,16,19,21). The summed E-state index contributed by atoms with van der Waals surface area (Å²) in [6.07, 6.45) is 0.783. The molecule has 0 spiro atoms. The Hall–Kier alpha value is -2.98. The number of amides is 2. The number of aliphatic carboxylic acids is 1. The molecule has 2 amide bonds. The molecule has 2 aliphatic heterocycles. The number of allylic oxidation sites excluding steroid dienone is 1. The highest BCUT2D eigenvalue weighted by Crippen LogP contribution is 2.42. The molecule has 16 heteroatoms. The number of nitrogen functional groups attached to an aromatic ring is 1. The van der Waals surface area contributed by atoms with E-state index in [9.17, 15) is 24.4 Å². The molecule has 2 aromatic heterocycles. The van der Waals surface area contributed by atoms with E-state index >= 15 is 0 Å². The van der Waals surface area contributed by atoms with Crippen LogP contribution in [0.5, 0.6) is 0 Å². The van der Waals surface area contributed by atoms with Crippen molar-refractivity contribution in [2.24, 2.45) is 5.18 Å². The van der Waals surface area contributed by atoms with Crippen LogP contribution in [0.1, 0.15) is 29.7 Å². The lowest BCUT2D eigenvalue weighted by Gasteiger charge is -2.50. The van der Waals surface area contributed by atoms with Gasteiger partial charge < -0.3 is 16.2 Å². The third kappa shape index (κ3) is 3.88. The highest BCUT2D eigenvalue weighted by molar-refractivity contribution is 8.03. The van der Waals surface area contributed by atoms with Gasteiger partial charge in [-0.05, 0) is 36.5 Å². The molecular formula is C15H14N8O5S3. The highest BCUT2D eigenvalue weighted by atomic mass is 32.2. The molecule has 0 radical (unpaired) electrons. The number of nitrogens with zero attached hydrogens (tertiary/aromatic N) is 6. The molecule has 4 rings (SSSR count). The molecule has 4 heterocycles. The second-order valence-electron chi connectivity index (χ2n) is 6.57. The maximum absolute atomic E-state index is 12.7. The number of carboxylic acids is 1. The number of fused-ring (bicyclic) bond motifs is 1. The number of carbonyl (C=O) groups is 3. The number of aromatic nitrogens is 4. The third-order valence-electron chi connectivity index (χ3n) is 4.67. The first-order valence-electron chi connectivity index (χ1n) is 8.79. The number of rotatable bonds is 7. The molecule has 3 atom stereocenters. The van der Waals surface area contributed by atoms with Crippen LogP contribution in [-0.2, 0) is 14.4 Å². The van der Waals surface area contributed by atoms with Crippen molar-refractivity contribution in [3.05, 3.63) is 26.3 Å². The summed E-state index contributed by atoms with van der Waals surface area (Å²) < 4.78 is 7.95. The van der Waals surface area contributed by atoms with Crippen molar-refractivity contribution in [1.82, 2.24) is 28.9 Å². The van der Waals surface area contributed by atoms with Gasteiger partial charge in [-0.25, -0.2) is 14.8 Å². The average Bonchev–Trinajstić information content (AvgIpc) is 3.34. The average molecular weight is 483 g/mol. The maximum atomic E-state index is 12.7. The van der Waals surface area contributed by atoms with E-state index in [1.807, 2.05) is 0 Å². The normalized spacial score (nSPS) is 21.3. The molecule has 1 saturated heterocycles. The van der Waals surface area contributed by atoms with Crippen molar-refractivity contribution in [2.75, 3.05) is 5.73 Å². The van der Waals surface area contributed by atoms with E-state index in [-0.39, 0.29) is 16.7 Å². The minimum Gasteiger partial charge on any atom is -0.477 e. The maximum Gasteiger partial charge on any atom is 0.353 e.